The van der Waals surface area contributed by atoms with Crippen LogP contribution < -0.4 is 0 Å². The van der Waals surface area contributed by atoms with E-state index in [1.165, 1.54) is 11.1 Å². The van der Waals surface area contributed by atoms with Gasteiger partial charge in [-0.15, -0.1) is 0 Å². The van der Waals surface area contributed by atoms with Gasteiger partial charge in [-0.1, -0.05) is 23.3 Å². The number of hydrogen-bond donors (Lipinski definition) is 0. The van der Waals surface area contributed by atoms with Crippen molar-refractivity contribution in [3.63, 3.8) is 0 Å². The highest BCUT2D eigenvalue weighted by molar-refractivity contribution is 5.30. The first kappa shape index (κ1) is 7.11. The van der Waals surface area contributed by atoms with E-state index in [9.17, 15) is 0 Å². The minimum atomic E-state index is 0.667. The van der Waals surface area contributed by atoms with Gasteiger partial charge in [0.2, 0.25) is 0 Å². The second-order valence-electron chi connectivity index (χ2n) is 3.61. The molecular formula is C10H14O. The predicted octanol–water partition coefficient (Wildman–Crippen LogP) is 2.16. The van der Waals surface area contributed by atoms with Gasteiger partial charge < -0.3 is 4.74 Å². The average molecular weight is 150 g/mol. The lowest BCUT2D eigenvalue weighted by atomic mass is 9.83. The fraction of sp³-hybridized carbons (Fsp3) is 0.600. The third-order valence-corrected chi connectivity index (χ3v) is 2.64. The second-order valence-corrected chi connectivity index (χ2v) is 3.61. The fourth-order valence-corrected chi connectivity index (χ4v) is 2.06. The molecule has 2 aliphatic rings. The number of fused-ring (bicyclic) bond motifs is 1. The Morgan fingerprint density at radius 3 is 3.00 bits per heavy atom. The molecule has 1 heteroatoms. The first-order valence-electron chi connectivity index (χ1n) is 4.22. The molecule has 1 aliphatic carbocycles. The summed E-state index contributed by atoms with van der Waals surface area (Å²) >= 11 is 0. The van der Waals surface area contributed by atoms with E-state index in [4.69, 9.17) is 4.74 Å². The Kier molecular flexibility index (Phi) is 1.61. The number of hydrogen-bond acceptors (Lipinski definition) is 1. The third kappa shape index (κ3) is 1.14. The first-order chi connectivity index (χ1) is 5.27. The highest BCUT2D eigenvalue weighted by Gasteiger charge is 2.29. The smallest absolute Gasteiger partial charge is 0.0538 e. The highest BCUT2D eigenvalue weighted by Crippen LogP contribution is 2.33. The molecule has 2 unspecified atom stereocenters. The fourth-order valence-electron chi connectivity index (χ4n) is 2.06. The molecule has 0 spiro atoms. The van der Waals surface area contributed by atoms with Gasteiger partial charge in [0.05, 0.1) is 13.2 Å². The average Bonchev–Trinajstić information content (AvgIpc) is 2.34. The van der Waals surface area contributed by atoms with Gasteiger partial charge in [0.1, 0.15) is 0 Å². The summed E-state index contributed by atoms with van der Waals surface area (Å²) in [5, 5.41) is 0. The molecule has 0 saturated carbocycles. The van der Waals surface area contributed by atoms with Crippen molar-refractivity contribution in [3.05, 3.63) is 23.3 Å². The van der Waals surface area contributed by atoms with Gasteiger partial charge in [0.15, 0.2) is 0 Å². The quantitative estimate of drug-likeness (QED) is 0.514. The first-order valence-corrected chi connectivity index (χ1v) is 4.22. The minimum absolute atomic E-state index is 0.667. The molecule has 0 radical (unpaired) electrons. The summed E-state index contributed by atoms with van der Waals surface area (Å²) in [6, 6.07) is 0. The standard InChI is InChI=1S/C10H14O/c1-7-3-8(2)10-6-11-5-9(10)4-7/h3-4,9-10H,5-6H2,1-2H3. The Bertz CT molecular complexity index is 225. The molecule has 11 heavy (non-hydrogen) atoms. The van der Waals surface area contributed by atoms with Gasteiger partial charge in [0, 0.05) is 11.8 Å². The summed E-state index contributed by atoms with van der Waals surface area (Å²) in [5.74, 6) is 1.35. The van der Waals surface area contributed by atoms with Crippen LogP contribution in [-0.4, -0.2) is 13.2 Å². The van der Waals surface area contributed by atoms with Crippen LogP contribution in [0.5, 0.6) is 0 Å². The molecular weight excluding hydrogens is 136 g/mol. The van der Waals surface area contributed by atoms with E-state index in [0.717, 1.165) is 13.2 Å². The predicted molar refractivity (Wildman–Crippen MR) is 45.3 cm³/mol. The van der Waals surface area contributed by atoms with Crippen LogP contribution in [0.4, 0.5) is 0 Å². The maximum Gasteiger partial charge on any atom is 0.0538 e. The summed E-state index contributed by atoms with van der Waals surface area (Å²) in [7, 11) is 0. The number of allylic oxidation sites excluding steroid dienone is 2. The summed E-state index contributed by atoms with van der Waals surface area (Å²) in [4.78, 5) is 0. The van der Waals surface area contributed by atoms with Crippen molar-refractivity contribution in [1.29, 1.82) is 0 Å². The van der Waals surface area contributed by atoms with E-state index in [2.05, 4.69) is 26.0 Å². The zero-order chi connectivity index (χ0) is 7.84. The SMILES string of the molecule is CC1=CC2COCC2C(C)=C1. The summed E-state index contributed by atoms with van der Waals surface area (Å²) in [6.07, 6.45) is 4.61. The van der Waals surface area contributed by atoms with E-state index >= 15 is 0 Å². The van der Waals surface area contributed by atoms with Crippen LogP contribution in [-0.2, 0) is 4.74 Å². The van der Waals surface area contributed by atoms with Crippen molar-refractivity contribution >= 4 is 0 Å². The highest BCUT2D eigenvalue weighted by atomic mass is 16.5. The Morgan fingerprint density at radius 2 is 2.18 bits per heavy atom. The monoisotopic (exact) mass is 150 g/mol. The summed E-state index contributed by atoms with van der Waals surface area (Å²) in [6.45, 7) is 6.23. The van der Waals surface area contributed by atoms with Gasteiger partial charge in [-0.2, -0.15) is 0 Å². The molecule has 1 nitrogen and oxygen atoms in total. The molecule has 0 aromatic heterocycles. The van der Waals surface area contributed by atoms with E-state index in [1.807, 2.05) is 0 Å². The molecule has 1 aliphatic heterocycles. The minimum Gasteiger partial charge on any atom is -0.380 e. The van der Waals surface area contributed by atoms with Gasteiger partial charge in [-0.05, 0) is 13.8 Å². The van der Waals surface area contributed by atoms with Gasteiger partial charge in [0.25, 0.3) is 0 Å². The van der Waals surface area contributed by atoms with Crippen molar-refractivity contribution in [2.24, 2.45) is 11.8 Å². The van der Waals surface area contributed by atoms with Crippen LogP contribution in [0.15, 0.2) is 23.3 Å². The molecule has 0 amide bonds. The Labute approximate surface area is 67.7 Å². The Balaban J connectivity index is 2.28. The lowest BCUT2D eigenvalue weighted by Gasteiger charge is -2.20. The van der Waals surface area contributed by atoms with Crippen molar-refractivity contribution < 1.29 is 4.74 Å². The zero-order valence-corrected chi connectivity index (χ0v) is 7.13. The summed E-state index contributed by atoms with van der Waals surface area (Å²) in [5.41, 5.74) is 2.89. The molecule has 2 atom stereocenters. The maximum atomic E-state index is 5.42. The van der Waals surface area contributed by atoms with Crippen LogP contribution in [0.2, 0.25) is 0 Å². The molecule has 0 N–H and O–H groups in total. The lowest BCUT2D eigenvalue weighted by Crippen LogP contribution is -2.14. The molecule has 1 saturated heterocycles. The largest absolute Gasteiger partial charge is 0.380 e. The molecule has 1 heterocycles. The number of rotatable bonds is 0. The van der Waals surface area contributed by atoms with Crippen LogP contribution in [0.1, 0.15) is 13.8 Å². The molecule has 0 aromatic rings. The van der Waals surface area contributed by atoms with Crippen molar-refractivity contribution in [3.8, 4) is 0 Å². The van der Waals surface area contributed by atoms with Crippen LogP contribution in [0.25, 0.3) is 0 Å². The van der Waals surface area contributed by atoms with Crippen molar-refractivity contribution in [2.45, 2.75) is 13.8 Å². The van der Waals surface area contributed by atoms with Gasteiger partial charge in [-0.3, -0.25) is 0 Å². The van der Waals surface area contributed by atoms with Crippen LogP contribution >= 0.6 is 0 Å². The second kappa shape index (κ2) is 2.49. The maximum absolute atomic E-state index is 5.42. The van der Waals surface area contributed by atoms with Crippen LogP contribution in [0.3, 0.4) is 0 Å². The molecule has 0 bridgehead atoms. The van der Waals surface area contributed by atoms with E-state index in [0.29, 0.717) is 11.8 Å². The summed E-state index contributed by atoms with van der Waals surface area (Å²) < 4.78 is 5.42. The topological polar surface area (TPSA) is 9.23 Å². The van der Waals surface area contributed by atoms with Gasteiger partial charge >= 0.3 is 0 Å². The van der Waals surface area contributed by atoms with Crippen molar-refractivity contribution in [2.75, 3.05) is 13.2 Å². The Hall–Kier alpha value is -0.560. The van der Waals surface area contributed by atoms with Gasteiger partial charge in [-0.25, -0.2) is 0 Å². The van der Waals surface area contributed by atoms with Crippen LogP contribution in [0, 0.1) is 11.8 Å². The van der Waals surface area contributed by atoms with E-state index in [-0.39, 0.29) is 0 Å². The molecule has 0 aromatic carbocycles. The van der Waals surface area contributed by atoms with Crippen molar-refractivity contribution in [1.82, 2.24) is 0 Å². The normalized spacial score (nSPS) is 36.2. The third-order valence-electron chi connectivity index (χ3n) is 2.64. The number of ether oxygens (including phenoxy) is 1. The zero-order valence-electron chi connectivity index (χ0n) is 7.13. The Morgan fingerprint density at radius 1 is 1.36 bits per heavy atom. The molecule has 2 rings (SSSR count). The lowest BCUT2D eigenvalue weighted by molar-refractivity contribution is 0.186. The molecule has 1 fully saturated rings. The van der Waals surface area contributed by atoms with E-state index < -0.39 is 0 Å². The van der Waals surface area contributed by atoms with E-state index in [1.54, 1.807) is 0 Å². The molecule has 60 valence electrons.